The molecule has 4 aromatic rings. The van der Waals surface area contributed by atoms with Crippen molar-refractivity contribution >= 4 is 39.1 Å². The van der Waals surface area contributed by atoms with E-state index in [4.69, 9.17) is 4.74 Å². The number of anilines is 1. The van der Waals surface area contributed by atoms with Gasteiger partial charge in [-0.1, -0.05) is 37.3 Å². The van der Waals surface area contributed by atoms with E-state index in [0.29, 0.717) is 28.1 Å². The van der Waals surface area contributed by atoms with Crippen LogP contribution in [0, 0.1) is 0 Å². The van der Waals surface area contributed by atoms with Crippen molar-refractivity contribution in [2.75, 3.05) is 11.9 Å². The van der Waals surface area contributed by atoms with Gasteiger partial charge in [-0.05, 0) is 42.3 Å². The number of hydrogen-bond acceptors (Lipinski definition) is 6. The van der Waals surface area contributed by atoms with E-state index in [1.54, 1.807) is 24.3 Å². The van der Waals surface area contributed by atoms with Crippen molar-refractivity contribution in [3.8, 4) is 10.4 Å². The van der Waals surface area contributed by atoms with Crippen LogP contribution in [-0.2, 0) is 16.1 Å². The summed E-state index contributed by atoms with van der Waals surface area (Å²) < 4.78 is 6.37. The monoisotopic (exact) mass is 447 g/mol. The van der Waals surface area contributed by atoms with Gasteiger partial charge in [0, 0.05) is 10.6 Å². The highest BCUT2D eigenvalue weighted by molar-refractivity contribution is 7.21. The summed E-state index contributed by atoms with van der Waals surface area (Å²) in [6.45, 7) is 2.12. The Morgan fingerprint density at radius 1 is 1.09 bits per heavy atom. The summed E-state index contributed by atoms with van der Waals surface area (Å²) in [5.41, 5.74) is 1.68. The maximum atomic E-state index is 12.9. The van der Waals surface area contributed by atoms with Gasteiger partial charge in [0.1, 0.15) is 11.4 Å². The molecule has 8 heteroatoms. The SMILES string of the molecule is CCCOC(=O)c1ccc(NC(=O)Cn2cnc3sc(-c4ccccc4)cc3c2=O)cc1. The molecule has 2 aromatic heterocycles. The summed E-state index contributed by atoms with van der Waals surface area (Å²) in [7, 11) is 0. The number of benzene rings is 2. The molecule has 0 atom stereocenters. The van der Waals surface area contributed by atoms with Crippen LogP contribution in [0.2, 0.25) is 0 Å². The molecule has 0 saturated heterocycles. The van der Waals surface area contributed by atoms with Crippen LogP contribution < -0.4 is 10.9 Å². The highest BCUT2D eigenvalue weighted by Gasteiger charge is 2.13. The second-order valence-corrected chi connectivity index (χ2v) is 8.17. The molecule has 0 saturated carbocycles. The highest BCUT2D eigenvalue weighted by atomic mass is 32.1. The standard InChI is InChI=1S/C24H21N3O4S/c1-2-12-31-24(30)17-8-10-18(11-9-17)26-21(28)14-27-15-25-22-19(23(27)29)13-20(32-22)16-6-4-3-5-7-16/h3-11,13,15H,2,12,14H2,1H3,(H,26,28). The molecule has 0 bridgehead atoms. The Morgan fingerprint density at radius 3 is 2.56 bits per heavy atom. The van der Waals surface area contributed by atoms with Crippen LogP contribution in [0.5, 0.6) is 0 Å². The van der Waals surface area contributed by atoms with Crippen LogP contribution in [0.3, 0.4) is 0 Å². The van der Waals surface area contributed by atoms with Crippen molar-refractivity contribution in [1.29, 1.82) is 0 Å². The molecule has 32 heavy (non-hydrogen) atoms. The Labute approximate surface area is 188 Å². The minimum Gasteiger partial charge on any atom is -0.462 e. The van der Waals surface area contributed by atoms with E-state index in [2.05, 4.69) is 10.3 Å². The summed E-state index contributed by atoms with van der Waals surface area (Å²) in [5, 5.41) is 3.22. The fraction of sp³-hybridized carbons (Fsp3) is 0.167. The normalized spacial score (nSPS) is 10.8. The lowest BCUT2D eigenvalue weighted by atomic mass is 10.2. The number of fused-ring (bicyclic) bond motifs is 1. The first-order valence-corrected chi connectivity index (χ1v) is 11.0. The van der Waals surface area contributed by atoms with Crippen molar-refractivity contribution in [2.45, 2.75) is 19.9 Å². The zero-order chi connectivity index (χ0) is 22.5. The van der Waals surface area contributed by atoms with Gasteiger partial charge in [-0.3, -0.25) is 14.2 Å². The number of aromatic nitrogens is 2. The number of rotatable bonds is 7. The number of carbonyl (C=O) groups excluding carboxylic acids is 2. The second-order valence-electron chi connectivity index (χ2n) is 7.13. The molecule has 162 valence electrons. The fourth-order valence-electron chi connectivity index (χ4n) is 3.14. The maximum Gasteiger partial charge on any atom is 0.338 e. The van der Waals surface area contributed by atoms with Crippen molar-refractivity contribution in [2.24, 2.45) is 0 Å². The molecule has 2 heterocycles. The first kappa shape index (κ1) is 21.5. The van der Waals surface area contributed by atoms with Crippen LogP contribution in [-0.4, -0.2) is 28.0 Å². The predicted molar refractivity (Wildman–Crippen MR) is 125 cm³/mol. The molecule has 0 spiro atoms. The van der Waals surface area contributed by atoms with Crippen LogP contribution >= 0.6 is 11.3 Å². The summed E-state index contributed by atoms with van der Waals surface area (Å²) in [5.74, 6) is -0.769. The molecule has 0 fully saturated rings. The minimum atomic E-state index is -0.402. The Balaban J connectivity index is 1.46. The molecule has 0 radical (unpaired) electrons. The Bertz CT molecular complexity index is 1310. The summed E-state index contributed by atoms with van der Waals surface area (Å²) in [6, 6.07) is 18.0. The topological polar surface area (TPSA) is 90.3 Å². The van der Waals surface area contributed by atoms with E-state index >= 15 is 0 Å². The molecule has 4 rings (SSSR count). The lowest BCUT2D eigenvalue weighted by molar-refractivity contribution is -0.116. The smallest absolute Gasteiger partial charge is 0.338 e. The molecule has 0 aliphatic carbocycles. The summed E-state index contributed by atoms with van der Waals surface area (Å²) in [6.07, 6.45) is 2.14. The van der Waals surface area contributed by atoms with Crippen molar-refractivity contribution in [1.82, 2.24) is 9.55 Å². The third-order valence-corrected chi connectivity index (χ3v) is 5.82. The molecule has 0 unspecified atom stereocenters. The average Bonchev–Trinajstić information content (AvgIpc) is 3.26. The predicted octanol–water partition coefficient (Wildman–Crippen LogP) is 4.33. The largest absolute Gasteiger partial charge is 0.462 e. The highest BCUT2D eigenvalue weighted by Crippen LogP contribution is 2.30. The number of nitrogens with zero attached hydrogens (tertiary/aromatic N) is 2. The molecule has 1 N–H and O–H groups in total. The van der Waals surface area contributed by atoms with E-state index in [9.17, 15) is 14.4 Å². The van der Waals surface area contributed by atoms with Gasteiger partial charge < -0.3 is 10.1 Å². The number of hydrogen-bond donors (Lipinski definition) is 1. The van der Waals surface area contributed by atoms with Crippen molar-refractivity contribution < 1.29 is 14.3 Å². The summed E-state index contributed by atoms with van der Waals surface area (Å²) in [4.78, 5) is 43.1. The van der Waals surface area contributed by atoms with Gasteiger partial charge in [-0.25, -0.2) is 9.78 Å². The van der Waals surface area contributed by atoms with Gasteiger partial charge in [-0.15, -0.1) is 11.3 Å². The van der Waals surface area contributed by atoms with Crippen LogP contribution in [0.25, 0.3) is 20.7 Å². The quantitative estimate of drug-likeness (QED) is 0.426. The Hall–Kier alpha value is -3.78. The Kier molecular flexibility index (Phi) is 6.42. The zero-order valence-electron chi connectivity index (χ0n) is 17.4. The van der Waals surface area contributed by atoms with Crippen molar-refractivity contribution in [3.05, 3.63) is 82.9 Å². The molecule has 7 nitrogen and oxygen atoms in total. The van der Waals surface area contributed by atoms with E-state index in [-0.39, 0.29) is 18.0 Å². The van der Waals surface area contributed by atoms with Gasteiger partial charge in [0.15, 0.2) is 0 Å². The van der Waals surface area contributed by atoms with Gasteiger partial charge in [0.05, 0.1) is 23.9 Å². The fourth-order valence-corrected chi connectivity index (χ4v) is 4.14. The maximum absolute atomic E-state index is 12.9. The molecule has 2 aromatic carbocycles. The molecule has 1 amide bonds. The number of esters is 1. The first-order valence-electron chi connectivity index (χ1n) is 10.2. The lowest BCUT2D eigenvalue weighted by Crippen LogP contribution is -2.27. The Morgan fingerprint density at radius 2 is 1.84 bits per heavy atom. The van der Waals surface area contributed by atoms with Crippen molar-refractivity contribution in [3.63, 3.8) is 0 Å². The number of amides is 1. The van der Waals surface area contributed by atoms with E-state index < -0.39 is 5.97 Å². The van der Waals surface area contributed by atoms with Gasteiger partial charge in [-0.2, -0.15) is 0 Å². The van der Waals surface area contributed by atoms with Gasteiger partial charge in [0.2, 0.25) is 5.91 Å². The van der Waals surface area contributed by atoms with Crippen LogP contribution in [0.1, 0.15) is 23.7 Å². The third kappa shape index (κ3) is 4.76. The molecular formula is C24H21N3O4S. The molecular weight excluding hydrogens is 426 g/mol. The minimum absolute atomic E-state index is 0.168. The van der Waals surface area contributed by atoms with E-state index in [1.165, 1.54) is 22.2 Å². The average molecular weight is 448 g/mol. The van der Waals surface area contributed by atoms with Gasteiger partial charge in [0.25, 0.3) is 5.56 Å². The van der Waals surface area contributed by atoms with E-state index in [0.717, 1.165) is 16.9 Å². The number of ether oxygens (including phenoxy) is 1. The third-order valence-electron chi connectivity index (χ3n) is 4.73. The van der Waals surface area contributed by atoms with E-state index in [1.807, 2.05) is 43.3 Å². The van der Waals surface area contributed by atoms with Crippen LogP contribution in [0.15, 0.2) is 71.8 Å². The zero-order valence-corrected chi connectivity index (χ0v) is 18.2. The van der Waals surface area contributed by atoms with Crippen LogP contribution in [0.4, 0.5) is 5.69 Å². The summed E-state index contributed by atoms with van der Waals surface area (Å²) >= 11 is 1.44. The number of thiophene rings is 1. The lowest BCUT2D eigenvalue weighted by Gasteiger charge is -2.08. The number of nitrogens with one attached hydrogen (secondary N) is 1. The molecule has 0 aliphatic heterocycles. The second kappa shape index (κ2) is 9.57. The van der Waals surface area contributed by atoms with Gasteiger partial charge >= 0.3 is 5.97 Å². The molecule has 0 aliphatic rings. The first-order chi connectivity index (χ1) is 15.5. The number of carbonyl (C=O) groups is 2.